The fraction of sp³-hybridized carbons (Fsp3) is 1.00. The Labute approximate surface area is 118 Å². The van der Waals surface area contributed by atoms with Crippen molar-refractivity contribution in [3.8, 4) is 0 Å². The first-order chi connectivity index (χ1) is 9.19. The summed E-state index contributed by atoms with van der Waals surface area (Å²) in [6, 6.07) is 0.438. The van der Waals surface area contributed by atoms with E-state index in [2.05, 4.69) is 6.92 Å². The van der Waals surface area contributed by atoms with Gasteiger partial charge in [0.15, 0.2) is 0 Å². The van der Waals surface area contributed by atoms with Crippen molar-refractivity contribution in [1.82, 2.24) is 0 Å². The van der Waals surface area contributed by atoms with Gasteiger partial charge >= 0.3 is 0 Å². The van der Waals surface area contributed by atoms with Crippen LogP contribution in [0.1, 0.15) is 71.1 Å². The molecule has 2 N–H and O–H groups in total. The largest absolute Gasteiger partial charge is 0.375 e. The van der Waals surface area contributed by atoms with Crippen LogP contribution < -0.4 is 5.73 Å². The monoisotopic (exact) mass is 265 g/mol. The maximum absolute atomic E-state index is 6.65. The van der Waals surface area contributed by atoms with Crippen LogP contribution in [0.25, 0.3) is 0 Å². The first kappa shape index (κ1) is 13.9. The molecule has 2 saturated carbocycles. The molecular weight excluding hydrogens is 234 g/mol. The van der Waals surface area contributed by atoms with Gasteiger partial charge in [0.25, 0.3) is 0 Å². The number of rotatable bonds is 2. The minimum atomic E-state index is 0.225. The van der Waals surface area contributed by atoms with Crippen molar-refractivity contribution < 1.29 is 4.74 Å². The number of hydrogen-bond donors (Lipinski definition) is 1. The summed E-state index contributed by atoms with van der Waals surface area (Å²) in [6.45, 7) is 3.35. The molecular formula is C17H31NO. The molecule has 3 aliphatic rings. The van der Waals surface area contributed by atoms with E-state index in [0.29, 0.717) is 6.04 Å². The zero-order valence-electron chi connectivity index (χ0n) is 12.6. The summed E-state index contributed by atoms with van der Waals surface area (Å²) in [7, 11) is 0. The van der Waals surface area contributed by atoms with Crippen molar-refractivity contribution in [2.24, 2.45) is 23.5 Å². The molecule has 19 heavy (non-hydrogen) atoms. The smallest absolute Gasteiger partial charge is 0.0685 e. The van der Waals surface area contributed by atoms with Crippen LogP contribution in [0.3, 0.4) is 0 Å². The Morgan fingerprint density at radius 2 is 1.84 bits per heavy atom. The van der Waals surface area contributed by atoms with Crippen molar-refractivity contribution in [1.29, 1.82) is 0 Å². The molecule has 1 heterocycles. The highest BCUT2D eigenvalue weighted by Crippen LogP contribution is 2.44. The summed E-state index contributed by atoms with van der Waals surface area (Å²) in [5, 5.41) is 0. The van der Waals surface area contributed by atoms with Crippen molar-refractivity contribution in [3.05, 3.63) is 0 Å². The van der Waals surface area contributed by atoms with Gasteiger partial charge in [-0.15, -0.1) is 0 Å². The molecule has 4 atom stereocenters. The summed E-state index contributed by atoms with van der Waals surface area (Å²) in [4.78, 5) is 0. The van der Waals surface area contributed by atoms with Crippen LogP contribution in [-0.2, 0) is 4.74 Å². The minimum Gasteiger partial charge on any atom is -0.375 e. The molecule has 2 aliphatic carbocycles. The normalized spacial score (nSPS) is 40.4. The van der Waals surface area contributed by atoms with E-state index in [0.717, 1.165) is 24.4 Å². The lowest BCUT2D eigenvalue weighted by Crippen LogP contribution is -2.48. The van der Waals surface area contributed by atoms with Crippen LogP contribution in [0.2, 0.25) is 0 Å². The molecule has 110 valence electrons. The SMILES string of the molecule is CC1CCC(C(N)C2CCOC3(CCCCC3)C2)C1. The summed E-state index contributed by atoms with van der Waals surface area (Å²) >= 11 is 0. The zero-order valence-corrected chi connectivity index (χ0v) is 12.6. The molecule has 1 spiro atoms. The highest BCUT2D eigenvalue weighted by molar-refractivity contribution is 4.95. The second kappa shape index (κ2) is 5.73. The zero-order chi connectivity index (χ0) is 13.3. The van der Waals surface area contributed by atoms with E-state index < -0.39 is 0 Å². The van der Waals surface area contributed by atoms with Gasteiger partial charge in [-0.25, -0.2) is 0 Å². The predicted octanol–water partition coefficient (Wildman–Crippen LogP) is 3.88. The van der Waals surface area contributed by atoms with Gasteiger partial charge in [0.05, 0.1) is 5.60 Å². The van der Waals surface area contributed by atoms with Gasteiger partial charge in [-0.2, -0.15) is 0 Å². The van der Waals surface area contributed by atoms with Crippen molar-refractivity contribution in [2.75, 3.05) is 6.61 Å². The third-order valence-electron chi connectivity index (χ3n) is 6.12. The average molecular weight is 265 g/mol. The lowest BCUT2D eigenvalue weighted by atomic mass is 9.72. The highest BCUT2D eigenvalue weighted by Gasteiger charge is 2.42. The van der Waals surface area contributed by atoms with Crippen molar-refractivity contribution in [2.45, 2.75) is 82.8 Å². The van der Waals surface area contributed by atoms with E-state index in [1.807, 2.05) is 0 Å². The van der Waals surface area contributed by atoms with Gasteiger partial charge in [0.2, 0.25) is 0 Å². The number of nitrogens with two attached hydrogens (primary N) is 1. The summed E-state index contributed by atoms with van der Waals surface area (Å²) in [5.74, 6) is 2.42. The fourth-order valence-electron chi connectivity index (χ4n) is 4.92. The van der Waals surface area contributed by atoms with Crippen LogP contribution in [0.5, 0.6) is 0 Å². The Morgan fingerprint density at radius 3 is 2.53 bits per heavy atom. The maximum atomic E-state index is 6.65. The lowest BCUT2D eigenvalue weighted by molar-refractivity contribution is -0.122. The summed E-state index contributed by atoms with van der Waals surface area (Å²) < 4.78 is 6.22. The van der Waals surface area contributed by atoms with E-state index in [4.69, 9.17) is 10.5 Å². The molecule has 0 aromatic rings. The highest BCUT2D eigenvalue weighted by atomic mass is 16.5. The van der Waals surface area contributed by atoms with Crippen LogP contribution in [0, 0.1) is 17.8 Å². The molecule has 0 radical (unpaired) electrons. The van der Waals surface area contributed by atoms with Crippen molar-refractivity contribution >= 4 is 0 Å². The van der Waals surface area contributed by atoms with E-state index in [9.17, 15) is 0 Å². The Hall–Kier alpha value is -0.0800. The second-order valence-electron chi connectivity index (χ2n) is 7.60. The molecule has 0 aromatic heterocycles. The molecule has 0 amide bonds. The number of ether oxygens (including phenoxy) is 1. The number of hydrogen-bond acceptors (Lipinski definition) is 2. The topological polar surface area (TPSA) is 35.2 Å². The molecule has 0 aromatic carbocycles. The van der Waals surface area contributed by atoms with Crippen molar-refractivity contribution in [3.63, 3.8) is 0 Å². The second-order valence-corrected chi connectivity index (χ2v) is 7.60. The maximum Gasteiger partial charge on any atom is 0.0685 e. The predicted molar refractivity (Wildman–Crippen MR) is 79.0 cm³/mol. The molecule has 4 unspecified atom stereocenters. The third kappa shape index (κ3) is 3.00. The standard InChI is InChI=1S/C17H31NO/c1-13-5-6-14(11-13)16(18)15-7-10-19-17(12-15)8-3-2-4-9-17/h13-16H,2-12,18H2,1H3. The molecule has 1 aliphatic heterocycles. The van der Waals surface area contributed by atoms with Gasteiger partial charge in [-0.05, 0) is 56.3 Å². The summed E-state index contributed by atoms with van der Waals surface area (Å²) in [5.41, 5.74) is 6.88. The minimum absolute atomic E-state index is 0.225. The van der Waals surface area contributed by atoms with E-state index in [1.54, 1.807) is 0 Å². The van der Waals surface area contributed by atoms with Crippen LogP contribution in [0.4, 0.5) is 0 Å². The Morgan fingerprint density at radius 1 is 1.05 bits per heavy atom. The fourth-order valence-corrected chi connectivity index (χ4v) is 4.92. The lowest BCUT2D eigenvalue weighted by Gasteiger charge is -2.46. The Kier molecular flexibility index (Phi) is 4.19. The van der Waals surface area contributed by atoms with E-state index >= 15 is 0 Å². The van der Waals surface area contributed by atoms with E-state index in [1.165, 1.54) is 64.2 Å². The molecule has 3 fully saturated rings. The van der Waals surface area contributed by atoms with Crippen LogP contribution in [0.15, 0.2) is 0 Å². The van der Waals surface area contributed by atoms with Crippen LogP contribution >= 0.6 is 0 Å². The Balaban J connectivity index is 1.61. The Bertz CT molecular complexity index is 292. The van der Waals surface area contributed by atoms with Gasteiger partial charge < -0.3 is 10.5 Å². The molecule has 2 heteroatoms. The summed E-state index contributed by atoms with van der Waals surface area (Å²) in [6.07, 6.45) is 13.3. The van der Waals surface area contributed by atoms with E-state index in [-0.39, 0.29) is 5.60 Å². The molecule has 3 rings (SSSR count). The first-order valence-corrected chi connectivity index (χ1v) is 8.58. The molecule has 2 nitrogen and oxygen atoms in total. The molecule has 0 bridgehead atoms. The third-order valence-corrected chi connectivity index (χ3v) is 6.12. The van der Waals surface area contributed by atoms with Gasteiger partial charge in [0.1, 0.15) is 0 Å². The van der Waals surface area contributed by atoms with Gasteiger partial charge in [0, 0.05) is 12.6 Å². The van der Waals surface area contributed by atoms with Crippen LogP contribution in [-0.4, -0.2) is 18.2 Å². The van der Waals surface area contributed by atoms with Gasteiger partial charge in [-0.3, -0.25) is 0 Å². The molecule has 1 saturated heterocycles. The first-order valence-electron chi connectivity index (χ1n) is 8.58. The average Bonchev–Trinajstić information content (AvgIpc) is 2.85. The van der Waals surface area contributed by atoms with Gasteiger partial charge in [-0.1, -0.05) is 32.6 Å². The quantitative estimate of drug-likeness (QED) is 0.822.